The van der Waals surface area contributed by atoms with Crippen molar-refractivity contribution in [2.45, 2.75) is 42.4 Å². The van der Waals surface area contributed by atoms with Crippen molar-refractivity contribution in [1.29, 1.82) is 0 Å². The maximum absolute atomic E-state index is 12.4. The number of urea groups is 1. The highest BCUT2D eigenvalue weighted by molar-refractivity contribution is 7.89. The third kappa shape index (κ3) is 7.05. The fourth-order valence-corrected chi connectivity index (χ4v) is 4.81. The molecule has 2 aromatic carbocycles. The van der Waals surface area contributed by atoms with Crippen molar-refractivity contribution in [3.63, 3.8) is 0 Å². The highest BCUT2D eigenvalue weighted by Gasteiger charge is 2.32. The van der Waals surface area contributed by atoms with Crippen molar-refractivity contribution in [2.24, 2.45) is 0 Å². The zero-order valence-corrected chi connectivity index (χ0v) is 19.7. The highest BCUT2D eigenvalue weighted by Crippen LogP contribution is 2.24. The molecule has 0 aliphatic carbocycles. The molecule has 0 unspecified atom stereocenters. The first-order valence-electron chi connectivity index (χ1n) is 10.5. The minimum atomic E-state index is -3.65. The van der Waals surface area contributed by atoms with Gasteiger partial charge in [-0.05, 0) is 55.7 Å². The van der Waals surface area contributed by atoms with Crippen molar-refractivity contribution < 1.29 is 27.8 Å². The summed E-state index contributed by atoms with van der Waals surface area (Å²) in [6, 6.07) is 12.1. The molecule has 11 heteroatoms. The molecule has 180 valence electrons. The fourth-order valence-electron chi connectivity index (χ4n) is 3.64. The number of nitrogens with one attached hydrogen (secondary N) is 3. The average molecular weight is 498 g/mol. The van der Waals surface area contributed by atoms with E-state index in [1.807, 2.05) is 0 Å². The summed E-state index contributed by atoms with van der Waals surface area (Å²) in [5.41, 5.74) is 0.528. The molecule has 1 aliphatic heterocycles. The molecule has 1 saturated heterocycles. The minimum Gasteiger partial charge on any atom is -0.495 e. The smallest absolute Gasteiger partial charge is 0.319 e. The molecular weight excluding hydrogens is 470 g/mol. The Labute approximate surface area is 198 Å². The van der Waals surface area contributed by atoms with Crippen molar-refractivity contribution in [3.8, 4) is 5.75 Å². The molecule has 33 heavy (non-hydrogen) atoms. The van der Waals surface area contributed by atoms with Gasteiger partial charge in [0.05, 0.1) is 36.4 Å². The van der Waals surface area contributed by atoms with Crippen molar-refractivity contribution in [1.82, 2.24) is 10.0 Å². The number of carbonyl (C=O) groups is 1. The topological polar surface area (TPSA) is 126 Å². The highest BCUT2D eigenvalue weighted by atomic mass is 35.5. The van der Waals surface area contributed by atoms with Crippen LogP contribution in [0.2, 0.25) is 5.02 Å². The van der Waals surface area contributed by atoms with E-state index in [1.54, 1.807) is 24.3 Å². The summed E-state index contributed by atoms with van der Waals surface area (Å²) in [6.45, 7) is -0.0905. The van der Waals surface area contributed by atoms with Gasteiger partial charge in [0.15, 0.2) is 0 Å². The summed E-state index contributed by atoms with van der Waals surface area (Å²) in [5, 5.41) is 15.8. The van der Waals surface area contributed by atoms with E-state index in [0.717, 1.165) is 0 Å². The minimum absolute atomic E-state index is 0.134. The number of anilines is 1. The number of aliphatic hydroxyl groups is 1. The fraction of sp³-hybridized carbons (Fsp3) is 0.409. The first-order chi connectivity index (χ1) is 15.8. The predicted octanol–water partition coefficient (Wildman–Crippen LogP) is 2.75. The number of rotatable bonds is 9. The summed E-state index contributed by atoms with van der Waals surface area (Å²) >= 11 is 5.80. The molecule has 1 heterocycles. The number of hydrogen-bond donors (Lipinski definition) is 4. The number of amides is 2. The Kier molecular flexibility index (Phi) is 8.93. The van der Waals surface area contributed by atoms with Crippen LogP contribution in [0.15, 0.2) is 53.4 Å². The summed E-state index contributed by atoms with van der Waals surface area (Å²) in [6.07, 6.45) is 0.784. The number of halogens is 1. The van der Waals surface area contributed by atoms with Crippen LogP contribution in [-0.4, -0.2) is 58.1 Å². The largest absolute Gasteiger partial charge is 0.495 e. The SMILES string of the molecule is COc1ccccc1NC(=O)N[C@@H]1CC[C@@H](CCNS(=O)(=O)c2ccc(Cl)cc2)O[C@@H]1CO. The number of para-hydroxylation sites is 2. The number of carbonyl (C=O) groups excluding carboxylic acids is 1. The van der Waals surface area contributed by atoms with Gasteiger partial charge < -0.3 is 25.2 Å². The van der Waals surface area contributed by atoms with Gasteiger partial charge in [-0.1, -0.05) is 23.7 Å². The normalized spacial score (nSPS) is 20.8. The lowest BCUT2D eigenvalue weighted by molar-refractivity contribution is -0.0884. The van der Waals surface area contributed by atoms with E-state index >= 15 is 0 Å². The van der Waals surface area contributed by atoms with Gasteiger partial charge in [-0.2, -0.15) is 0 Å². The molecular formula is C22H28ClN3O6S. The average Bonchev–Trinajstić information content (AvgIpc) is 2.80. The number of ether oxygens (including phenoxy) is 2. The lowest BCUT2D eigenvalue weighted by Crippen LogP contribution is -2.52. The second kappa shape index (κ2) is 11.7. The van der Waals surface area contributed by atoms with Gasteiger partial charge in [0.1, 0.15) is 11.9 Å². The molecule has 0 aromatic heterocycles. The first-order valence-corrected chi connectivity index (χ1v) is 12.4. The molecule has 0 saturated carbocycles. The van der Waals surface area contributed by atoms with Crippen LogP contribution in [0.25, 0.3) is 0 Å². The van der Waals surface area contributed by atoms with Gasteiger partial charge in [0, 0.05) is 11.6 Å². The van der Waals surface area contributed by atoms with E-state index in [-0.39, 0.29) is 30.2 Å². The Morgan fingerprint density at radius 2 is 1.91 bits per heavy atom. The number of sulfonamides is 1. The van der Waals surface area contributed by atoms with Crippen LogP contribution < -0.4 is 20.1 Å². The van der Waals surface area contributed by atoms with Gasteiger partial charge in [-0.25, -0.2) is 17.9 Å². The number of benzene rings is 2. The van der Waals surface area contributed by atoms with Gasteiger partial charge in [0.2, 0.25) is 10.0 Å². The van der Waals surface area contributed by atoms with E-state index < -0.39 is 22.2 Å². The Hall–Kier alpha value is -2.37. The second-order valence-electron chi connectivity index (χ2n) is 7.60. The molecule has 9 nitrogen and oxygen atoms in total. The Morgan fingerprint density at radius 3 is 2.61 bits per heavy atom. The van der Waals surface area contributed by atoms with Crippen molar-refractivity contribution in [2.75, 3.05) is 25.6 Å². The third-order valence-corrected chi connectivity index (χ3v) is 7.08. The number of methoxy groups -OCH3 is 1. The second-order valence-corrected chi connectivity index (χ2v) is 9.81. The van der Waals surface area contributed by atoms with E-state index in [4.69, 9.17) is 21.1 Å². The number of aliphatic hydroxyl groups excluding tert-OH is 1. The van der Waals surface area contributed by atoms with Crippen LogP contribution >= 0.6 is 11.6 Å². The van der Waals surface area contributed by atoms with Crippen LogP contribution in [0, 0.1) is 0 Å². The van der Waals surface area contributed by atoms with E-state index in [9.17, 15) is 18.3 Å². The van der Waals surface area contributed by atoms with Crippen LogP contribution in [0.1, 0.15) is 19.3 Å². The Morgan fingerprint density at radius 1 is 1.18 bits per heavy atom. The molecule has 3 rings (SSSR count). The zero-order valence-electron chi connectivity index (χ0n) is 18.2. The first kappa shape index (κ1) is 25.3. The monoisotopic (exact) mass is 497 g/mol. The molecule has 0 radical (unpaired) electrons. The van der Waals surface area contributed by atoms with E-state index in [2.05, 4.69) is 15.4 Å². The lowest BCUT2D eigenvalue weighted by atomic mass is 9.97. The van der Waals surface area contributed by atoms with Gasteiger partial charge >= 0.3 is 6.03 Å². The van der Waals surface area contributed by atoms with Crippen LogP contribution in [0.3, 0.4) is 0 Å². The van der Waals surface area contributed by atoms with Gasteiger partial charge in [-0.15, -0.1) is 0 Å². The molecule has 1 aliphatic rings. The van der Waals surface area contributed by atoms with Crippen molar-refractivity contribution in [3.05, 3.63) is 53.6 Å². The van der Waals surface area contributed by atoms with Gasteiger partial charge in [-0.3, -0.25) is 0 Å². The molecule has 0 bridgehead atoms. The van der Waals surface area contributed by atoms with E-state index in [1.165, 1.54) is 31.4 Å². The third-order valence-electron chi connectivity index (χ3n) is 5.35. The van der Waals surface area contributed by atoms with E-state index in [0.29, 0.717) is 35.7 Å². The standard InChI is InChI=1S/C22H28ClN3O6S/c1-31-20-5-3-2-4-18(20)25-22(28)26-19-11-8-16(32-21(19)14-27)12-13-24-33(29,30)17-9-6-15(23)7-10-17/h2-7,9-10,16,19,21,24,27H,8,11-14H2,1H3,(H2,25,26,28)/t16-,19+,21+/m0/s1. The molecule has 3 atom stereocenters. The number of hydrogen-bond acceptors (Lipinski definition) is 6. The molecule has 2 amide bonds. The Balaban J connectivity index is 1.48. The summed E-state index contributed by atoms with van der Waals surface area (Å²) in [7, 11) is -2.13. The Bertz CT molecular complexity index is 1030. The molecule has 1 fully saturated rings. The summed E-state index contributed by atoms with van der Waals surface area (Å²) in [4.78, 5) is 12.6. The predicted molar refractivity (Wildman–Crippen MR) is 125 cm³/mol. The molecule has 2 aromatic rings. The maximum atomic E-state index is 12.4. The van der Waals surface area contributed by atoms with Crippen LogP contribution in [0.5, 0.6) is 5.75 Å². The molecule has 4 N–H and O–H groups in total. The lowest BCUT2D eigenvalue weighted by Gasteiger charge is -2.36. The maximum Gasteiger partial charge on any atom is 0.319 e. The van der Waals surface area contributed by atoms with Crippen LogP contribution in [-0.2, 0) is 14.8 Å². The summed E-state index contributed by atoms with van der Waals surface area (Å²) < 4.78 is 38.4. The van der Waals surface area contributed by atoms with Crippen molar-refractivity contribution >= 4 is 33.3 Å². The quantitative estimate of drug-likeness (QED) is 0.422. The summed E-state index contributed by atoms with van der Waals surface area (Å²) in [5.74, 6) is 0.535. The van der Waals surface area contributed by atoms with Gasteiger partial charge in [0.25, 0.3) is 0 Å². The molecule has 0 spiro atoms. The zero-order chi connectivity index (χ0) is 23.8. The van der Waals surface area contributed by atoms with Crippen LogP contribution in [0.4, 0.5) is 10.5 Å².